The lowest BCUT2D eigenvalue weighted by Crippen LogP contribution is -2.19. The Labute approximate surface area is 169 Å². The number of thioether (sulfide) groups is 1. The molecule has 0 saturated heterocycles. The van der Waals surface area contributed by atoms with Crippen molar-refractivity contribution < 1.29 is 4.79 Å². The van der Waals surface area contributed by atoms with Gasteiger partial charge in [0.2, 0.25) is 5.13 Å². The molecule has 9 heteroatoms. The first-order valence-electron chi connectivity index (χ1n) is 7.57. The molecule has 0 saturated carbocycles. The summed E-state index contributed by atoms with van der Waals surface area (Å²) in [5.41, 5.74) is 1.69. The first-order chi connectivity index (χ1) is 12.6. The lowest BCUT2D eigenvalue weighted by Gasteiger charge is -2.05. The quantitative estimate of drug-likeness (QED) is 0.514. The van der Waals surface area contributed by atoms with Crippen molar-refractivity contribution in [1.29, 1.82) is 0 Å². The van der Waals surface area contributed by atoms with Crippen molar-refractivity contribution in [2.75, 3.05) is 10.6 Å². The van der Waals surface area contributed by atoms with Gasteiger partial charge in [0, 0.05) is 27.2 Å². The molecule has 0 aliphatic carbocycles. The standard InChI is InChI=1S/C17H14Cl2N4OS2/c18-12-5-3-6-13(8-12)20-16(24)21-17-23-22-15(26-17)10-25-9-11-4-1-2-7-14(11)19/h1-8H,9-10H2,(H2,20,21,23,24). The van der Waals surface area contributed by atoms with E-state index in [1.54, 1.807) is 36.0 Å². The Morgan fingerprint density at radius 3 is 2.69 bits per heavy atom. The molecular formula is C17H14Cl2N4OS2. The maximum atomic E-state index is 12.0. The number of amides is 2. The number of carbonyl (C=O) groups excluding carboxylic acids is 1. The van der Waals surface area contributed by atoms with E-state index >= 15 is 0 Å². The van der Waals surface area contributed by atoms with Gasteiger partial charge in [0.05, 0.1) is 0 Å². The molecule has 1 heterocycles. The van der Waals surface area contributed by atoms with Gasteiger partial charge in [0.25, 0.3) is 0 Å². The SMILES string of the molecule is O=C(Nc1cccc(Cl)c1)Nc1nnc(CSCc2ccccc2Cl)s1. The molecule has 134 valence electrons. The summed E-state index contributed by atoms with van der Waals surface area (Å²) in [5.74, 6) is 1.48. The number of nitrogens with zero attached hydrogens (tertiary/aromatic N) is 2. The molecule has 0 aliphatic rings. The summed E-state index contributed by atoms with van der Waals surface area (Å²) in [6.07, 6.45) is 0. The normalized spacial score (nSPS) is 10.5. The summed E-state index contributed by atoms with van der Waals surface area (Å²) in [5, 5.41) is 16.0. The Bertz CT molecular complexity index is 904. The van der Waals surface area contributed by atoms with Gasteiger partial charge in [-0.2, -0.15) is 0 Å². The zero-order valence-electron chi connectivity index (χ0n) is 13.4. The average molecular weight is 425 g/mol. The second-order valence-electron chi connectivity index (χ2n) is 5.17. The van der Waals surface area contributed by atoms with Crippen LogP contribution in [-0.2, 0) is 11.5 Å². The second-order valence-corrected chi connectivity index (χ2v) is 8.07. The highest BCUT2D eigenvalue weighted by Crippen LogP contribution is 2.25. The van der Waals surface area contributed by atoms with E-state index in [2.05, 4.69) is 20.8 Å². The van der Waals surface area contributed by atoms with E-state index in [0.29, 0.717) is 21.6 Å². The molecule has 0 aliphatic heterocycles. The van der Waals surface area contributed by atoms with E-state index in [1.807, 2.05) is 24.3 Å². The maximum absolute atomic E-state index is 12.0. The molecule has 3 rings (SSSR count). The van der Waals surface area contributed by atoms with Gasteiger partial charge in [-0.05, 0) is 29.8 Å². The number of carbonyl (C=O) groups is 1. The lowest BCUT2D eigenvalue weighted by molar-refractivity contribution is 0.262. The summed E-state index contributed by atoms with van der Waals surface area (Å²) in [6.45, 7) is 0. The smallest absolute Gasteiger partial charge is 0.308 e. The minimum atomic E-state index is -0.390. The summed E-state index contributed by atoms with van der Waals surface area (Å²) in [4.78, 5) is 12.0. The van der Waals surface area contributed by atoms with Gasteiger partial charge in [-0.15, -0.1) is 22.0 Å². The second kappa shape index (κ2) is 9.23. The number of hydrogen-bond acceptors (Lipinski definition) is 5. The molecule has 1 aromatic heterocycles. The monoisotopic (exact) mass is 424 g/mol. The molecule has 5 nitrogen and oxygen atoms in total. The number of benzene rings is 2. The summed E-state index contributed by atoms with van der Waals surface area (Å²) in [6, 6.07) is 14.3. The molecule has 0 unspecified atom stereocenters. The highest BCUT2D eigenvalue weighted by Gasteiger charge is 2.09. The molecule has 2 aromatic carbocycles. The molecule has 26 heavy (non-hydrogen) atoms. The van der Waals surface area contributed by atoms with E-state index in [-0.39, 0.29) is 0 Å². The Kier molecular flexibility index (Phi) is 6.73. The lowest BCUT2D eigenvalue weighted by atomic mass is 10.2. The van der Waals surface area contributed by atoms with Gasteiger partial charge in [0.1, 0.15) is 5.01 Å². The average Bonchev–Trinajstić information content (AvgIpc) is 3.04. The third-order valence-corrected chi connectivity index (χ3v) is 5.83. The van der Waals surface area contributed by atoms with E-state index in [1.165, 1.54) is 11.3 Å². The van der Waals surface area contributed by atoms with Gasteiger partial charge < -0.3 is 5.32 Å². The first kappa shape index (κ1) is 19.0. The number of halogens is 2. The fourth-order valence-corrected chi connectivity index (χ4v) is 4.35. The third kappa shape index (κ3) is 5.60. The third-order valence-electron chi connectivity index (χ3n) is 3.21. The van der Waals surface area contributed by atoms with Crippen LogP contribution in [0.4, 0.5) is 15.6 Å². The number of aromatic nitrogens is 2. The van der Waals surface area contributed by atoms with Crippen LogP contribution >= 0.6 is 46.3 Å². The molecule has 0 radical (unpaired) electrons. The predicted octanol–water partition coefficient (Wildman–Crippen LogP) is 5.92. The summed E-state index contributed by atoms with van der Waals surface area (Å²) >= 11 is 15.1. The van der Waals surface area contributed by atoms with Crippen LogP contribution in [0, 0.1) is 0 Å². The van der Waals surface area contributed by atoms with Crippen LogP contribution in [0.3, 0.4) is 0 Å². The molecule has 0 bridgehead atoms. The van der Waals surface area contributed by atoms with Crippen LogP contribution in [0.2, 0.25) is 10.0 Å². The Balaban J connectivity index is 1.48. The molecule has 2 amide bonds. The van der Waals surface area contributed by atoms with Gasteiger partial charge in [-0.3, -0.25) is 5.32 Å². The Hall–Kier alpha value is -1.80. The van der Waals surface area contributed by atoms with Gasteiger partial charge in [0.15, 0.2) is 0 Å². The number of hydrogen-bond donors (Lipinski definition) is 2. The van der Waals surface area contributed by atoms with Crippen molar-refractivity contribution >= 4 is 63.2 Å². The number of urea groups is 1. The highest BCUT2D eigenvalue weighted by molar-refractivity contribution is 7.97. The van der Waals surface area contributed by atoms with E-state index < -0.39 is 6.03 Å². The van der Waals surface area contributed by atoms with Crippen molar-refractivity contribution in [3.05, 3.63) is 69.1 Å². The number of rotatable bonds is 6. The molecular weight excluding hydrogens is 411 g/mol. The summed E-state index contributed by atoms with van der Waals surface area (Å²) in [7, 11) is 0. The number of anilines is 2. The van der Waals surface area contributed by atoms with Crippen LogP contribution in [0.1, 0.15) is 10.6 Å². The molecule has 2 N–H and O–H groups in total. The predicted molar refractivity (Wildman–Crippen MR) is 110 cm³/mol. The fraction of sp³-hybridized carbons (Fsp3) is 0.118. The van der Waals surface area contributed by atoms with Crippen LogP contribution in [0.25, 0.3) is 0 Å². The van der Waals surface area contributed by atoms with Gasteiger partial charge in [-0.25, -0.2) is 4.79 Å². The molecule has 0 atom stereocenters. The zero-order valence-corrected chi connectivity index (χ0v) is 16.6. The van der Waals surface area contributed by atoms with Crippen molar-refractivity contribution in [1.82, 2.24) is 10.2 Å². The van der Waals surface area contributed by atoms with Crippen molar-refractivity contribution in [3.8, 4) is 0 Å². The largest absolute Gasteiger partial charge is 0.325 e. The maximum Gasteiger partial charge on any atom is 0.325 e. The first-order valence-corrected chi connectivity index (χ1v) is 10.3. The van der Waals surface area contributed by atoms with Gasteiger partial charge in [-0.1, -0.05) is 58.8 Å². The van der Waals surface area contributed by atoms with Crippen molar-refractivity contribution in [2.24, 2.45) is 0 Å². The van der Waals surface area contributed by atoms with Crippen LogP contribution in [0.15, 0.2) is 48.5 Å². The van der Waals surface area contributed by atoms with Gasteiger partial charge >= 0.3 is 6.03 Å². The topological polar surface area (TPSA) is 66.9 Å². The highest BCUT2D eigenvalue weighted by atomic mass is 35.5. The number of nitrogens with one attached hydrogen (secondary N) is 2. The van der Waals surface area contributed by atoms with E-state index in [9.17, 15) is 4.79 Å². The van der Waals surface area contributed by atoms with E-state index in [0.717, 1.165) is 21.3 Å². The minimum Gasteiger partial charge on any atom is -0.308 e. The van der Waals surface area contributed by atoms with Crippen LogP contribution in [-0.4, -0.2) is 16.2 Å². The zero-order chi connectivity index (χ0) is 18.4. The van der Waals surface area contributed by atoms with Crippen LogP contribution in [0.5, 0.6) is 0 Å². The van der Waals surface area contributed by atoms with Crippen molar-refractivity contribution in [2.45, 2.75) is 11.5 Å². The molecule has 3 aromatic rings. The Morgan fingerprint density at radius 2 is 1.88 bits per heavy atom. The van der Waals surface area contributed by atoms with Crippen LogP contribution < -0.4 is 10.6 Å². The fourth-order valence-electron chi connectivity index (χ4n) is 2.05. The Morgan fingerprint density at radius 1 is 1.04 bits per heavy atom. The molecule has 0 spiro atoms. The summed E-state index contributed by atoms with van der Waals surface area (Å²) < 4.78 is 0. The van der Waals surface area contributed by atoms with Crippen molar-refractivity contribution in [3.63, 3.8) is 0 Å². The van der Waals surface area contributed by atoms with E-state index in [4.69, 9.17) is 23.2 Å². The minimum absolute atomic E-state index is 0.390. The molecule has 0 fully saturated rings.